The molecule has 0 radical (unpaired) electrons. The van der Waals surface area contributed by atoms with Crippen LogP contribution < -0.4 is 16.3 Å². The Morgan fingerprint density at radius 1 is 1.11 bits per heavy atom. The van der Waals surface area contributed by atoms with Crippen molar-refractivity contribution in [3.05, 3.63) is 58.3 Å². The minimum Gasteiger partial charge on any atom is -0.394 e. The lowest BCUT2D eigenvalue weighted by Crippen LogP contribution is -2.37. The number of ketones is 1. The number of aliphatic hydroxyl groups is 2. The average Bonchev–Trinajstić information content (AvgIpc) is 3.75. The smallest absolute Gasteiger partial charge is 0.351 e. The van der Waals surface area contributed by atoms with Crippen LogP contribution in [0.4, 0.5) is 17.6 Å². The number of para-hydroxylation sites is 1. The van der Waals surface area contributed by atoms with Crippen molar-refractivity contribution in [1.82, 2.24) is 34.1 Å². The largest absolute Gasteiger partial charge is 0.394 e. The number of anilines is 3. The molecule has 0 bridgehead atoms. The molecule has 1 aliphatic carbocycles. The molecule has 1 aromatic carbocycles. The molecule has 2 fully saturated rings. The van der Waals surface area contributed by atoms with Crippen molar-refractivity contribution in [3.63, 3.8) is 0 Å². The maximum atomic E-state index is 13.1. The number of carbonyl (C=O) groups excluding carboxylic acids is 1. The number of nitrogens with zero attached hydrogens (tertiary/aromatic N) is 7. The summed E-state index contributed by atoms with van der Waals surface area (Å²) in [4.78, 5) is 48.7. The average molecular weight is 634 g/mol. The third kappa shape index (κ3) is 5.55. The Labute approximate surface area is 259 Å². The molecule has 1 aliphatic heterocycles. The van der Waals surface area contributed by atoms with Crippen LogP contribution in [0.3, 0.4) is 0 Å². The summed E-state index contributed by atoms with van der Waals surface area (Å²) in [5.41, 5.74) is 1.21. The van der Waals surface area contributed by atoms with Crippen LogP contribution in [0.1, 0.15) is 43.0 Å². The van der Waals surface area contributed by atoms with Crippen molar-refractivity contribution < 1.29 is 24.5 Å². The molecule has 1 unspecified atom stereocenters. The predicted molar refractivity (Wildman–Crippen MR) is 164 cm³/mol. The third-order valence-electron chi connectivity index (χ3n) is 8.13. The zero-order valence-corrected chi connectivity index (χ0v) is 25.1. The van der Waals surface area contributed by atoms with Crippen LogP contribution in [0.15, 0.2) is 47.7 Å². The molecule has 15 nitrogen and oxygen atoms in total. The number of aliphatic hydroxyl groups excluding tert-OH is 2. The van der Waals surface area contributed by atoms with E-state index in [9.17, 15) is 19.8 Å². The van der Waals surface area contributed by atoms with E-state index in [0.29, 0.717) is 36.4 Å². The first-order valence-electron chi connectivity index (χ1n) is 14.6. The lowest BCUT2D eigenvalue weighted by molar-refractivity contribution is -0.123. The molecular formula is C29H31N9O6S. The van der Waals surface area contributed by atoms with Gasteiger partial charge in [-0.25, -0.2) is 14.8 Å². The van der Waals surface area contributed by atoms with Crippen LogP contribution in [0.2, 0.25) is 0 Å². The minimum absolute atomic E-state index is 0.139. The number of rotatable bonds is 9. The molecule has 7 rings (SSSR count). The summed E-state index contributed by atoms with van der Waals surface area (Å²) in [7, 11) is 1.39. The van der Waals surface area contributed by atoms with Gasteiger partial charge < -0.3 is 34.9 Å². The van der Waals surface area contributed by atoms with E-state index in [0.717, 1.165) is 28.1 Å². The second-order valence-electron chi connectivity index (χ2n) is 10.9. The number of fused-ring (bicyclic) bond motifs is 2. The van der Waals surface area contributed by atoms with E-state index in [1.165, 1.54) is 17.9 Å². The Kier molecular flexibility index (Phi) is 7.97. The number of Topliss-reactive ketones (excluding diaryl/α,β-unsaturated/α-hetero) is 1. The molecule has 2 aliphatic rings. The Morgan fingerprint density at radius 2 is 1.98 bits per heavy atom. The molecule has 45 heavy (non-hydrogen) atoms. The highest BCUT2D eigenvalue weighted by Gasteiger charge is 2.45. The Morgan fingerprint density at radius 3 is 2.76 bits per heavy atom. The molecule has 5 atom stereocenters. The minimum atomic E-state index is -1.12. The predicted octanol–water partition coefficient (Wildman–Crippen LogP) is 2.30. The highest BCUT2D eigenvalue weighted by Crippen LogP contribution is 2.32. The van der Waals surface area contributed by atoms with Crippen LogP contribution in [0.25, 0.3) is 21.4 Å². The second kappa shape index (κ2) is 12.2. The Bertz CT molecular complexity index is 1890. The molecule has 234 valence electrons. The summed E-state index contributed by atoms with van der Waals surface area (Å²) < 4.78 is 15.1. The quantitative estimate of drug-likeness (QED) is 0.185. The van der Waals surface area contributed by atoms with Gasteiger partial charge in [0.15, 0.2) is 29.0 Å². The lowest BCUT2D eigenvalue weighted by atomic mass is 9.94. The van der Waals surface area contributed by atoms with E-state index in [4.69, 9.17) is 19.4 Å². The van der Waals surface area contributed by atoms with Gasteiger partial charge in [-0.2, -0.15) is 15.0 Å². The van der Waals surface area contributed by atoms with Gasteiger partial charge in [-0.15, -0.1) is 11.3 Å². The van der Waals surface area contributed by atoms with Crippen LogP contribution in [-0.2, 0) is 20.8 Å². The van der Waals surface area contributed by atoms with E-state index in [-0.39, 0.29) is 23.6 Å². The molecule has 0 amide bonds. The number of hydrogen-bond donors (Lipinski definition) is 4. The van der Waals surface area contributed by atoms with Gasteiger partial charge in [0.25, 0.3) is 0 Å². The van der Waals surface area contributed by atoms with Crippen LogP contribution in [0.5, 0.6) is 0 Å². The van der Waals surface area contributed by atoms with Gasteiger partial charge in [-0.05, 0) is 31.0 Å². The molecular weight excluding hydrogens is 602 g/mol. The van der Waals surface area contributed by atoms with Crippen molar-refractivity contribution in [1.29, 1.82) is 0 Å². The van der Waals surface area contributed by atoms with E-state index < -0.39 is 36.8 Å². The standard InChI is InChI=1S/C29H31N9O6S/c1-43-24-23(41)18(13-39)44-27(24)37-11-10-20(34-29(37)42)33-28-35-25(30-12-21-32-15-6-2-5-9-19(15)45-21)22-26(36-28)38(14-31-22)16-7-3-4-8-17(16)40/h2,5-6,9-11,14,16,18,23-24,27,39,41H,3-4,7-8,12-13H2,1H3,(H2,30,33,34,35,36,42)/t16-,18-,23-,24-,27?/m1/s1. The molecule has 16 heteroatoms. The topological polar surface area (TPSA) is 191 Å². The molecule has 1 saturated heterocycles. The lowest BCUT2D eigenvalue weighted by Gasteiger charge is -2.22. The fraction of sp³-hybridized carbons (Fsp3) is 0.414. The molecule has 5 aromatic rings. The van der Waals surface area contributed by atoms with E-state index >= 15 is 0 Å². The number of ether oxygens (including phenoxy) is 2. The maximum Gasteiger partial charge on any atom is 0.351 e. The zero-order valence-electron chi connectivity index (χ0n) is 24.2. The van der Waals surface area contributed by atoms with Gasteiger partial charge in [0, 0.05) is 19.7 Å². The number of benzene rings is 1. The summed E-state index contributed by atoms with van der Waals surface area (Å²) in [6.45, 7) is -0.0469. The Hall–Kier alpha value is -4.35. The first-order chi connectivity index (χ1) is 21.9. The van der Waals surface area contributed by atoms with Crippen molar-refractivity contribution in [2.75, 3.05) is 24.4 Å². The van der Waals surface area contributed by atoms with Crippen LogP contribution in [-0.4, -0.2) is 82.1 Å². The number of imidazole rings is 1. The van der Waals surface area contributed by atoms with E-state index in [2.05, 4.69) is 25.6 Å². The molecule has 1 saturated carbocycles. The summed E-state index contributed by atoms with van der Waals surface area (Å²) in [6, 6.07) is 9.07. The van der Waals surface area contributed by atoms with Gasteiger partial charge in [0.05, 0.1) is 35.7 Å². The maximum absolute atomic E-state index is 13.1. The summed E-state index contributed by atoms with van der Waals surface area (Å²) in [5.74, 6) is 0.883. The number of nitrogens with one attached hydrogen (secondary N) is 2. The first-order valence-corrected chi connectivity index (χ1v) is 15.4. The highest BCUT2D eigenvalue weighted by atomic mass is 32.1. The monoisotopic (exact) mass is 633 g/mol. The fourth-order valence-corrected chi connectivity index (χ4v) is 6.78. The van der Waals surface area contributed by atoms with Crippen molar-refractivity contribution in [2.45, 2.75) is 62.8 Å². The summed E-state index contributed by atoms with van der Waals surface area (Å²) in [5, 5.41) is 27.1. The second-order valence-corrected chi connectivity index (χ2v) is 12.1. The van der Waals surface area contributed by atoms with Crippen molar-refractivity contribution in [2.24, 2.45) is 0 Å². The first kappa shape index (κ1) is 29.4. The molecule has 0 spiro atoms. The number of methoxy groups -OCH3 is 1. The van der Waals surface area contributed by atoms with Crippen LogP contribution >= 0.6 is 11.3 Å². The Balaban J connectivity index is 1.21. The summed E-state index contributed by atoms with van der Waals surface area (Å²) in [6.07, 6.45) is 2.20. The van der Waals surface area contributed by atoms with E-state index in [1.54, 1.807) is 28.3 Å². The third-order valence-corrected chi connectivity index (χ3v) is 9.17. The normalized spacial score (nSPS) is 23.6. The number of thiazole rings is 1. The van der Waals surface area contributed by atoms with Gasteiger partial charge in [0.2, 0.25) is 5.95 Å². The van der Waals surface area contributed by atoms with Crippen molar-refractivity contribution >= 4 is 56.1 Å². The number of carbonyl (C=O) groups is 1. The molecule has 5 heterocycles. The molecule has 4 aromatic heterocycles. The summed E-state index contributed by atoms with van der Waals surface area (Å²) >= 11 is 1.57. The van der Waals surface area contributed by atoms with Crippen molar-refractivity contribution in [3.8, 4) is 0 Å². The SMILES string of the molecule is CO[C@H]1C(n2ccc(Nc3nc(NCc4nc5ccccc5s4)c4ncn([C@@H]5CCCCC5=O)c4n3)nc2=O)O[C@H](CO)[C@H]1O. The van der Waals surface area contributed by atoms with Gasteiger partial charge in [-0.1, -0.05) is 18.6 Å². The molecule has 4 N–H and O–H groups in total. The van der Waals surface area contributed by atoms with Crippen LogP contribution in [0, 0.1) is 0 Å². The number of hydrogen-bond acceptors (Lipinski definition) is 14. The van der Waals surface area contributed by atoms with Gasteiger partial charge >= 0.3 is 5.69 Å². The van der Waals surface area contributed by atoms with Gasteiger partial charge in [-0.3, -0.25) is 9.36 Å². The highest BCUT2D eigenvalue weighted by molar-refractivity contribution is 7.18. The van der Waals surface area contributed by atoms with Gasteiger partial charge in [0.1, 0.15) is 29.1 Å². The zero-order chi connectivity index (χ0) is 31.1. The van der Waals surface area contributed by atoms with E-state index in [1.807, 2.05) is 24.3 Å². The fourth-order valence-electron chi connectivity index (χ4n) is 5.88. The number of aromatic nitrogens is 7.